The van der Waals surface area contributed by atoms with Gasteiger partial charge in [0.15, 0.2) is 0 Å². The quantitative estimate of drug-likeness (QED) is 0.827. The van der Waals surface area contributed by atoms with Crippen LogP contribution in [-0.4, -0.2) is 71.0 Å². The second kappa shape index (κ2) is 7.66. The summed E-state index contributed by atoms with van der Waals surface area (Å²) in [6, 6.07) is 11.2. The first-order valence-electron chi connectivity index (χ1n) is 10.2. The Kier molecular flexibility index (Phi) is 4.88. The lowest BCUT2D eigenvalue weighted by molar-refractivity contribution is 0.0209. The number of nitrogens with zero attached hydrogens (tertiary/aromatic N) is 4. The molecule has 0 unspecified atom stereocenters. The molecule has 148 valence electrons. The van der Waals surface area contributed by atoms with Gasteiger partial charge in [0, 0.05) is 38.3 Å². The number of piperidine rings is 1. The van der Waals surface area contributed by atoms with Crippen LogP contribution in [0.4, 0.5) is 11.6 Å². The molecular formula is C21H27N5O2. The average molecular weight is 381 g/mol. The van der Waals surface area contributed by atoms with Crippen molar-refractivity contribution in [2.45, 2.75) is 37.6 Å². The molecule has 7 heteroatoms. The van der Waals surface area contributed by atoms with E-state index in [0.29, 0.717) is 12.6 Å². The van der Waals surface area contributed by atoms with E-state index in [2.05, 4.69) is 49.4 Å². The number of aliphatic hydroxyl groups is 1. The predicted molar refractivity (Wildman–Crippen MR) is 107 cm³/mol. The molecule has 4 heterocycles. The first-order chi connectivity index (χ1) is 13.8. The molecule has 0 radical (unpaired) electrons. The van der Waals surface area contributed by atoms with Gasteiger partial charge in [-0.05, 0) is 24.0 Å². The number of nitrogens with one attached hydrogen (secondary N) is 1. The minimum atomic E-state index is -0.384. The normalized spacial score (nSPS) is 25.8. The van der Waals surface area contributed by atoms with Crippen LogP contribution in [0.25, 0.3) is 0 Å². The highest BCUT2D eigenvalue weighted by Gasteiger charge is 2.34. The standard InChI is InChI=1S/C21H27N5O2/c27-19-11-26(21-9-20(22-14-23-21)24-17-12-28-13-17)8-6-18(19)25-7-5-15-3-1-2-4-16(15)10-25/h1-4,9,14,17-19,27H,5-8,10-13H2,(H,22,23,24)/t18-,19-/m0/s1. The van der Waals surface area contributed by atoms with Crippen molar-refractivity contribution in [1.82, 2.24) is 14.9 Å². The molecule has 2 fully saturated rings. The molecular weight excluding hydrogens is 354 g/mol. The highest BCUT2D eigenvalue weighted by molar-refractivity contribution is 5.49. The number of anilines is 2. The second-order valence-electron chi connectivity index (χ2n) is 8.00. The van der Waals surface area contributed by atoms with Crippen LogP contribution in [0.2, 0.25) is 0 Å². The lowest BCUT2D eigenvalue weighted by Crippen LogP contribution is -2.55. The van der Waals surface area contributed by atoms with Crippen LogP contribution >= 0.6 is 0 Å². The van der Waals surface area contributed by atoms with Gasteiger partial charge in [-0.3, -0.25) is 4.90 Å². The first kappa shape index (κ1) is 17.8. The van der Waals surface area contributed by atoms with E-state index in [1.165, 1.54) is 11.1 Å². The largest absolute Gasteiger partial charge is 0.390 e. The Morgan fingerprint density at radius 1 is 1.11 bits per heavy atom. The molecule has 5 rings (SSSR count). The number of aromatic nitrogens is 2. The fraction of sp³-hybridized carbons (Fsp3) is 0.524. The third-order valence-corrected chi connectivity index (χ3v) is 6.14. The molecule has 2 saturated heterocycles. The SMILES string of the molecule is O[C@H]1CN(c2cc(NC3COC3)ncn2)CC[C@@H]1N1CCc2ccccc2C1. The van der Waals surface area contributed by atoms with E-state index in [4.69, 9.17) is 4.74 Å². The number of benzene rings is 1. The molecule has 1 aromatic heterocycles. The molecule has 0 amide bonds. The van der Waals surface area contributed by atoms with Gasteiger partial charge < -0.3 is 20.1 Å². The Balaban J connectivity index is 1.23. The molecule has 0 bridgehead atoms. The Labute approximate surface area is 165 Å². The minimum absolute atomic E-state index is 0.205. The van der Waals surface area contributed by atoms with Crippen molar-refractivity contribution < 1.29 is 9.84 Å². The van der Waals surface area contributed by atoms with Crippen LogP contribution in [0.5, 0.6) is 0 Å². The van der Waals surface area contributed by atoms with Crippen molar-refractivity contribution in [3.05, 3.63) is 47.8 Å². The molecule has 0 spiro atoms. The van der Waals surface area contributed by atoms with Gasteiger partial charge in [0.05, 0.1) is 25.4 Å². The smallest absolute Gasteiger partial charge is 0.134 e. The van der Waals surface area contributed by atoms with Crippen molar-refractivity contribution >= 4 is 11.6 Å². The summed E-state index contributed by atoms with van der Waals surface area (Å²) in [4.78, 5) is 13.4. The minimum Gasteiger partial charge on any atom is -0.390 e. The summed E-state index contributed by atoms with van der Waals surface area (Å²) in [6.07, 6.45) is 3.21. The summed E-state index contributed by atoms with van der Waals surface area (Å²) >= 11 is 0. The van der Waals surface area contributed by atoms with E-state index in [1.807, 2.05) is 6.07 Å². The summed E-state index contributed by atoms with van der Waals surface area (Å²) in [6.45, 7) is 4.90. The molecule has 3 aliphatic heterocycles. The third-order valence-electron chi connectivity index (χ3n) is 6.14. The number of aliphatic hydroxyl groups excluding tert-OH is 1. The van der Waals surface area contributed by atoms with Crippen LogP contribution in [0.3, 0.4) is 0 Å². The maximum Gasteiger partial charge on any atom is 0.134 e. The van der Waals surface area contributed by atoms with E-state index in [9.17, 15) is 5.11 Å². The number of hydrogen-bond acceptors (Lipinski definition) is 7. The Morgan fingerprint density at radius 3 is 2.75 bits per heavy atom. The predicted octanol–water partition coefficient (Wildman–Crippen LogP) is 1.29. The number of ether oxygens (including phenoxy) is 1. The van der Waals surface area contributed by atoms with E-state index in [1.54, 1.807) is 6.33 Å². The van der Waals surface area contributed by atoms with Gasteiger partial charge in [0.2, 0.25) is 0 Å². The molecule has 28 heavy (non-hydrogen) atoms. The molecule has 2 N–H and O–H groups in total. The topological polar surface area (TPSA) is 73.8 Å². The van der Waals surface area contributed by atoms with Crippen molar-refractivity contribution in [3.63, 3.8) is 0 Å². The van der Waals surface area contributed by atoms with E-state index >= 15 is 0 Å². The van der Waals surface area contributed by atoms with Crippen LogP contribution in [-0.2, 0) is 17.7 Å². The average Bonchev–Trinajstić information content (AvgIpc) is 2.70. The van der Waals surface area contributed by atoms with Crippen LogP contribution in [0.15, 0.2) is 36.7 Å². The van der Waals surface area contributed by atoms with Crippen molar-refractivity contribution in [2.75, 3.05) is 43.1 Å². The van der Waals surface area contributed by atoms with Crippen molar-refractivity contribution in [2.24, 2.45) is 0 Å². The second-order valence-corrected chi connectivity index (χ2v) is 8.00. The zero-order valence-corrected chi connectivity index (χ0v) is 16.0. The van der Waals surface area contributed by atoms with E-state index < -0.39 is 0 Å². The Morgan fingerprint density at radius 2 is 1.96 bits per heavy atom. The number of fused-ring (bicyclic) bond motifs is 1. The number of rotatable bonds is 4. The van der Waals surface area contributed by atoms with Gasteiger partial charge in [-0.15, -0.1) is 0 Å². The highest BCUT2D eigenvalue weighted by Crippen LogP contribution is 2.27. The molecule has 3 aliphatic rings. The van der Waals surface area contributed by atoms with E-state index in [-0.39, 0.29) is 12.1 Å². The summed E-state index contributed by atoms with van der Waals surface area (Å²) in [5.74, 6) is 1.70. The van der Waals surface area contributed by atoms with Crippen molar-refractivity contribution in [1.29, 1.82) is 0 Å². The van der Waals surface area contributed by atoms with E-state index in [0.717, 1.165) is 57.3 Å². The van der Waals surface area contributed by atoms with Gasteiger partial charge in [-0.2, -0.15) is 0 Å². The molecule has 1 aromatic carbocycles. The summed E-state index contributed by atoms with van der Waals surface area (Å²) < 4.78 is 5.21. The van der Waals surface area contributed by atoms with Crippen molar-refractivity contribution in [3.8, 4) is 0 Å². The van der Waals surface area contributed by atoms with Gasteiger partial charge >= 0.3 is 0 Å². The lowest BCUT2D eigenvalue weighted by Gasteiger charge is -2.43. The Bertz CT molecular complexity index is 828. The zero-order valence-electron chi connectivity index (χ0n) is 16.0. The fourth-order valence-electron chi connectivity index (χ4n) is 4.48. The maximum atomic E-state index is 10.9. The first-order valence-corrected chi connectivity index (χ1v) is 10.2. The monoisotopic (exact) mass is 381 g/mol. The number of hydrogen-bond donors (Lipinski definition) is 2. The fourth-order valence-corrected chi connectivity index (χ4v) is 4.48. The van der Waals surface area contributed by atoms with Crippen LogP contribution in [0, 0.1) is 0 Å². The van der Waals surface area contributed by atoms with Crippen LogP contribution < -0.4 is 10.2 Å². The van der Waals surface area contributed by atoms with Gasteiger partial charge in [0.1, 0.15) is 18.0 Å². The van der Waals surface area contributed by atoms with Gasteiger partial charge in [0.25, 0.3) is 0 Å². The molecule has 0 saturated carbocycles. The molecule has 0 aliphatic carbocycles. The third kappa shape index (κ3) is 3.57. The van der Waals surface area contributed by atoms with Gasteiger partial charge in [-0.1, -0.05) is 24.3 Å². The highest BCUT2D eigenvalue weighted by atomic mass is 16.5. The molecule has 2 aromatic rings. The zero-order chi connectivity index (χ0) is 18.9. The lowest BCUT2D eigenvalue weighted by atomic mass is 9.94. The molecule has 2 atom stereocenters. The maximum absolute atomic E-state index is 10.9. The Hall–Kier alpha value is -2.22. The number of β-amino-alcohol motifs (C(OH)–C–C–N with tert-alkyl or cyclic N) is 1. The summed E-state index contributed by atoms with van der Waals surface area (Å²) in [7, 11) is 0. The van der Waals surface area contributed by atoms with Gasteiger partial charge in [-0.25, -0.2) is 9.97 Å². The summed E-state index contributed by atoms with van der Waals surface area (Å²) in [5.41, 5.74) is 2.85. The molecule has 7 nitrogen and oxygen atoms in total. The summed E-state index contributed by atoms with van der Waals surface area (Å²) in [5, 5.41) is 14.3. The van der Waals surface area contributed by atoms with Crippen LogP contribution in [0.1, 0.15) is 17.5 Å².